The van der Waals surface area contributed by atoms with Gasteiger partial charge >= 0.3 is 0 Å². The first-order valence-electron chi connectivity index (χ1n) is 10.0. The first-order chi connectivity index (χ1) is 12.1. The molecule has 0 aliphatic heterocycles. The van der Waals surface area contributed by atoms with Crippen molar-refractivity contribution in [3.05, 3.63) is 58.2 Å². The van der Waals surface area contributed by atoms with E-state index in [9.17, 15) is 0 Å². The third-order valence-corrected chi connectivity index (χ3v) is 4.25. The molecule has 0 bridgehead atoms. The maximum Gasteiger partial charge on any atom is 0.0375 e. The van der Waals surface area contributed by atoms with E-state index in [1.54, 1.807) is 0 Å². The van der Waals surface area contributed by atoms with Crippen molar-refractivity contribution in [2.24, 2.45) is 0 Å². The lowest BCUT2D eigenvalue weighted by molar-refractivity contribution is 0.779. The number of hydrogen-bond acceptors (Lipinski definition) is 2. The summed E-state index contributed by atoms with van der Waals surface area (Å²) in [5.41, 5.74) is 7.78. The second kappa shape index (κ2) is 11.8. The van der Waals surface area contributed by atoms with Crippen LogP contribution in [0.15, 0.2) is 24.5 Å². The maximum absolute atomic E-state index is 4.34. The van der Waals surface area contributed by atoms with Crippen molar-refractivity contribution in [3.8, 4) is 0 Å². The molecule has 2 rings (SSSR count). The average molecular weight is 357 g/mol. The highest BCUT2D eigenvalue weighted by molar-refractivity contribution is 5.31. The zero-order chi connectivity index (χ0) is 20.4. The molecule has 2 aromatic heterocycles. The van der Waals surface area contributed by atoms with Crippen LogP contribution in [0.25, 0.3) is 0 Å². The Labute approximate surface area is 162 Å². The number of rotatable bonds is 3. The monoisotopic (exact) mass is 356 g/mol. The van der Waals surface area contributed by atoms with Crippen LogP contribution >= 0.6 is 0 Å². The summed E-state index contributed by atoms with van der Waals surface area (Å²) < 4.78 is 0. The van der Waals surface area contributed by atoms with E-state index >= 15 is 0 Å². The van der Waals surface area contributed by atoms with E-state index in [4.69, 9.17) is 0 Å². The fourth-order valence-corrected chi connectivity index (χ4v) is 2.85. The van der Waals surface area contributed by atoms with Gasteiger partial charge in [0.25, 0.3) is 0 Å². The van der Waals surface area contributed by atoms with Crippen LogP contribution in [-0.4, -0.2) is 9.97 Å². The fourth-order valence-electron chi connectivity index (χ4n) is 2.85. The van der Waals surface area contributed by atoms with E-state index in [0.29, 0.717) is 17.8 Å². The van der Waals surface area contributed by atoms with Crippen molar-refractivity contribution in [3.63, 3.8) is 0 Å². The molecule has 0 atom stereocenters. The molecule has 0 fully saturated rings. The number of aryl methyl sites for hydroxylation is 3. The fraction of sp³-hybridized carbons (Fsp3) is 0.583. The molecule has 0 saturated carbocycles. The SMILES string of the molecule is CC.Cc1cc(C(C)C)c(C(C)C)cn1.Cc1cc(C(C)C)c(C)cn1. The highest BCUT2D eigenvalue weighted by Gasteiger charge is 2.10. The molecule has 0 N–H and O–H groups in total. The van der Waals surface area contributed by atoms with Gasteiger partial charge in [-0.2, -0.15) is 0 Å². The van der Waals surface area contributed by atoms with Gasteiger partial charge in [0.15, 0.2) is 0 Å². The highest BCUT2D eigenvalue weighted by Crippen LogP contribution is 2.25. The summed E-state index contributed by atoms with van der Waals surface area (Å²) in [4.78, 5) is 8.57. The molecule has 2 heteroatoms. The van der Waals surface area contributed by atoms with E-state index in [2.05, 4.69) is 77.5 Å². The van der Waals surface area contributed by atoms with E-state index in [0.717, 1.165) is 11.4 Å². The minimum Gasteiger partial charge on any atom is -0.261 e. The molecule has 2 heterocycles. The molecule has 0 aliphatic carbocycles. The lowest BCUT2D eigenvalue weighted by Gasteiger charge is -2.15. The molecule has 0 aliphatic rings. The number of aromatic nitrogens is 2. The van der Waals surface area contributed by atoms with Gasteiger partial charge in [-0.05, 0) is 72.9 Å². The van der Waals surface area contributed by atoms with Gasteiger partial charge < -0.3 is 0 Å². The molecule has 0 radical (unpaired) electrons. The quantitative estimate of drug-likeness (QED) is 0.569. The summed E-state index contributed by atoms with van der Waals surface area (Å²) in [6, 6.07) is 4.38. The number of pyridine rings is 2. The van der Waals surface area contributed by atoms with Crippen LogP contribution < -0.4 is 0 Å². The van der Waals surface area contributed by atoms with Crippen molar-refractivity contribution in [1.82, 2.24) is 9.97 Å². The summed E-state index contributed by atoms with van der Waals surface area (Å²) >= 11 is 0. The Morgan fingerprint density at radius 1 is 0.577 bits per heavy atom. The Morgan fingerprint density at radius 2 is 0.962 bits per heavy atom. The minimum absolute atomic E-state index is 0.575. The molecule has 0 aromatic carbocycles. The molecular formula is C24H40N2. The lowest BCUT2D eigenvalue weighted by atomic mass is 9.92. The first-order valence-corrected chi connectivity index (χ1v) is 10.0. The van der Waals surface area contributed by atoms with Crippen molar-refractivity contribution < 1.29 is 0 Å². The number of nitrogens with zero attached hydrogens (tertiary/aromatic N) is 2. The normalized spacial score (nSPS) is 10.4. The summed E-state index contributed by atoms with van der Waals surface area (Å²) in [7, 11) is 0. The highest BCUT2D eigenvalue weighted by atomic mass is 14.7. The molecule has 0 spiro atoms. The Kier molecular flexibility index (Phi) is 11.1. The van der Waals surface area contributed by atoms with Gasteiger partial charge in [0.2, 0.25) is 0 Å². The van der Waals surface area contributed by atoms with Gasteiger partial charge in [0.05, 0.1) is 0 Å². The molecule has 2 nitrogen and oxygen atoms in total. The average Bonchev–Trinajstić information content (AvgIpc) is 2.58. The summed E-state index contributed by atoms with van der Waals surface area (Å²) in [6.45, 7) is 23.5. The van der Waals surface area contributed by atoms with Crippen LogP contribution in [0.4, 0.5) is 0 Å². The molecule has 0 amide bonds. The van der Waals surface area contributed by atoms with Gasteiger partial charge in [0.1, 0.15) is 0 Å². The Bertz CT molecular complexity index is 655. The van der Waals surface area contributed by atoms with Crippen LogP contribution in [0.1, 0.15) is 107 Å². The van der Waals surface area contributed by atoms with E-state index in [1.807, 2.05) is 33.2 Å². The minimum atomic E-state index is 0.575. The molecule has 26 heavy (non-hydrogen) atoms. The van der Waals surface area contributed by atoms with Crippen LogP contribution in [0, 0.1) is 20.8 Å². The topological polar surface area (TPSA) is 25.8 Å². The van der Waals surface area contributed by atoms with Gasteiger partial charge in [-0.15, -0.1) is 0 Å². The lowest BCUT2D eigenvalue weighted by Crippen LogP contribution is -2.00. The van der Waals surface area contributed by atoms with Gasteiger partial charge in [-0.3, -0.25) is 9.97 Å². The molecule has 146 valence electrons. The van der Waals surface area contributed by atoms with Crippen molar-refractivity contribution in [1.29, 1.82) is 0 Å². The van der Waals surface area contributed by atoms with Crippen molar-refractivity contribution in [2.75, 3.05) is 0 Å². The first kappa shape index (κ1) is 24.3. The largest absolute Gasteiger partial charge is 0.261 e. The number of hydrogen-bond donors (Lipinski definition) is 0. The van der Waals surface area contributed by atoms with E-state index in [1.165, 1.54) is 22.3 Å². The van der Waals surface area contributed by atoms with E-state index in [-0.39, 0.29) is 0 Å². The second-order valence-electron chi connectivity index (χ2n) is 7.60. The third-order valence-electron chi connectivity index (χ3n) is 4.25. The standard InChI is InChI=1S/C12H19N.C10H15N.C2H6/c1-8(2)11-6-10(5)13-7-12(11)9(3)4;1-7(2)10-5-9(4)11-6-8(10)3;1-2/h6-9H,1-5H3;5-7H,1-4H3;1-2H3. The summed E-state index contributed by atoms with van der Waals surface area (Å²) in [5.74, 6) is 1.78. The Morgan fingerprint density at radius 3 is 1.35 bits per heavy atom. The molecular weight excluding hydrogens is 316 g/mol. The molecule has 0 unspecified atom stereocenters. The zero-order valence-corrected chi connectivity index (χ0v) is 18.9. The summed E-state index contributed by atoms with van der Waals surface area (Å²) in [5, 5.41) is 0. The Hall–Kier alpha value is -1.70. The predicted molar refractivity (Wildman–Crippen MR) is 116 cm³/mol. The third kappa shape index (κ3) is 7.68. The predicted octanol–water partition coefficient (Wildman–Crippen LogP) is 7.48. The van der Waals surface area contributed by atoms with Crippen LogP contribution in [0.2, 0.25) is 0 Å². The summed E-state index contributed by atoms with van der Waals surface area (Å²) in [6.07, 6.45) is 3.97. The van der Waals surface area contributed by atoms with Crippen LogP contribution in [-0.2, 0) is 0 Å². The van der Waals surface area contributed by atoms with Gasteiger partial charge in [-0.1, -0.05) is 55.4 Å². The van der Waals surface area contributed by atoms with Crippen LogP contribution in [0.3, 0.4) is 0 Å². The van der Waals surface area contributed by atoms with Crippen molar-refractivity contribution in [2.45, 2.75) is 93.9 Å². The van der Waals surface area contributed by atoms with Crippen LogP contribution in [0.5, 0.6) is 0 Å². The van der Waals surface area contributed by atoms with Crippen molar-refractivity contribution >= 4 is 0 Å². The Balaban J connectivity index is 0.000000444. The molecule has 0 saturated heterocycles. The second-order valence-corrected chi connectivity index (χ2v) is 7.60. The van der Waals surface area contributed by atoms with Gasteiger partial charge in [0, 0.05) is 23.8 Å². The van der Waals surface area contributed by atoms with Gasteiger partial charge in [-0.25, -0.2) is 0 Å². The maximum atomic E-state index is 4.34. The smallest absolute Gasteiger partial charge is 0.0375 e. The van der Waals surface area contributed by atoms with E-state index < -0.39 is 0 Å². The molecule has 2 aromatic rings. The zero-order valence-electron chi connectivity index (χ0n) is 18.9.